The number of rotatable bonds is 4. The van der Waals surface area contributed by atoms with E-state index in [-0.39, 0.29) is 18.0 Å². The normalized spacial score (nSPS) is 11.1. The molecule has 1 aromatic carbocycles. The summed E-state index contributed by atoms with van der Waals surface area (Å²) in [5, 5.41) is 24.4. The molecule has 0 aliphatic carbocycles. The summed E-state index contributed by atoms with van der Waals surface area (Å²) >= 11 is 0. The van der Waals surface area contributed by atoms with Crippen molar-refractivity contribution in [3.63, 3.8) is 0 Å². The first-order chi connectivity index (χ1) is 10.7. The van der Waals surface area contributed by atoms with E-state index in [0.717, 1.165) is 0 Å². The lowest BCUT2D eigenvalue weighted by atomic mass is 10.1. The number of nitrogens with zero attached hydrogens (tertiary/aromatic N) is 3. The summed E-state index contributed by atoms with van der Waals surface area (Å²) in [5.41, 5.74) is -4.30. The number of benzene rings is 1. The van der Waals surface area contributed by atoms with Crippen LogP contribution in [-0.2, 0) is 6.18 Å². The third-order valence-corrected chi connectivity index (χ3v) is 2.74. The van der Waals surface area contributed by atoms with E-state index in [1.54, 1.807) is 0 Å². The highest BCUT2D eigenvalue weighted by Gasteiger charge is 2.37. The Balaban J connectivity index is 2.67. The SMILES string of the molecule is O=[N+]([O-])c1cc(C(F)(F)F)cc([N+](=O)[O-])c1Nc1ccccn1. The second-order valence-electron chi connectivity index (χ2n) is 4.24. The summed E-state index contributed by atoms with van der Waals surface area (Å²) < 4.78 is 38.3. The van der Waals surface area contributed by atoms with Gasteiger partial charge in [0.1, 0.15) is 5.82 Å². The number of nitro groups is 2. The van der Waals surface area contributed by atoms with Gasteiger partial charge in [-0.15, -0.1) is 0 Å². The van der Waals surface area contributed by atoms with Crippen LogP contribution in [0.25, 0.3) is 0 Å². The Morgan fingerprint density at radius 2 is 1.61 bits per heavy atom. The molecule has 2 aromatic rings. The van der Waals surface area contributed by atoms with Crippen LogP contribution < -0.4 is 5.32 Å². The molecule has 0 saturated heterocycles. The van der Waals surface area contributed by atoms with Gasteiger partial charge in [0, 0.05) is 18.3 Å². The fraction of sp³-hybridized carbons (Fsp3) is 0.0833. The maximum atomic E-state index is 12.8. The number of halogens is 3. The van der Waals surface area contributed by atoms with Crippen LogP contribution in [0.4, 0.5) is 36.1 Å². The molecule has 0 unspecified atom stereocenters. The Bertz CT molecular complexity index is 730. The first-order valence-corrected chi connectivity index (χ1v) is 5.92. The van der Waals surface area contributed by atoms with Crippen molar-refractivity contribution in [3.8, 4) is 0 Å². The zero-order valence-corrected chi connectivity index (χ0v) is 11.1. The van der Waals surface area contributed by atoms with Crippen molar-refractivity contribution in [1.82, 2.24) is 4.98 Å². The van der Waals surface area contributed by atoms with Crippen LogP contribution in [0.1, 0.15) is 5.56 Å². The molecule has 0 fully saturated rings. The van der Waals surface area contributed by atoms with Gasteiger partial charge in [-0.05, 0) is 12.1 Å². The van der Waals surface area contributed by atoms with E-state index in [1.807, 2.05) is 0 Å². The highest BCUT2D eigenvalue weighted by atomic mass is 19.4. The Labute approximate surface area is 125 Å². The van der Waals surface area contributed by atoms with Crippen LogP contribution in [0.5, 0.6) is 0 Å². The number of aromatic nitrogens is 1. The lowest BCUT2D eigenvalue weighted by Crippen LogP contribution is -2.09. The largest absolute Gasteiger partial charge is 0.416 e. The molecule has 0 atom stereocenters. The Kier molecular flexibility index (Phi) is 4.12. The molecule has 0 aliphatic heterocycles. The van der Waals surface area contributed by atoms with Crippen molar-refractivity contribution >= 4 is 22.9 Å². The maximum absolute atomic E-state index is 12.8. The smallest absolute Gasteiger partial charge is 0.329 e. The zero-order chi connectivity index (χ0) is 17.2. The van der Waals surface area contributed by atoms with Crippen LogP contribution in [0, 0.1) is 20.2 Å². The molecule has 0 saturated carbocycles. The number of hydrogen-bond acceptors (Lipinski definition) is 6. The first-order valence-electron chi connectivity index (χ1n) is 5.92. The van der Waals surface area contributed by atoms with Gasteiger partial charge in [-0.25, -0.2) is 4.98 Å². The molecule has 0 aliphatic rings. The molecule has 1 N–H and O–H groups in total. The molecular formula is C12H7F3N4O4. The number of pyridine rings is 1. The molecule has 1 aromatic heterocycles. The van der Waals surface area contributed by atoms with Gasteiger partial charge < -0.3 is 5.32 Å². The second kappa shape index (κ2) is 5.87. The molecule has 23 heavy (non-hydrogen) atoms. The number of alkyl halides is 3. The van der Waals surface area contributed by atoms with Crippen LogP contribution in [0.2, 0.25) is 0 Å². The Hall–Kier alpha value is -3.24. The summed E-state index contributed by atoms with van der Waals surface area (Å²) in [7, 11) is 0. The van der Waals surface area contributed by atoms with E-state index in [0.29, 0.717) is 0 Å². The van der Waals surface area contributed by atoms with Crippen molar-refractivity contribution < 1.29 is 23.0 Å². The van der Waals surface area contributed by atoms with Gasteiger partial charge in [-0.2, -0.15) is 13.2 Å². The predicted molar refractivity (Wildman–Crippen MR) is 72.3 cm³/mol. The zero-order valence-electron chi connectivity index (χ0n) is 11.1. The molecule has 1 heterocycles. The van der Waals surface area contributed by atoms with E-state index in [2.05, 4.69) is 10.3 Å². The quantitative estimate of drug-likeness (QED) is 0.677. The lowest BCUT2D eigenvalue weighted by molar-refractivity contribution is -0.392. The molecule has 0 spiro atoms. The van der Waals surface area contributed by atoms with Crippen molar-refractivity contribution in [2.24, 2.45) is 0 Å². The van der Waals surface area contributed by atoms with Gasteiger partial charge in [0.15, 0.2) is 5.69 Å². The van der Waals surface area contributed by atoms with Gasteiger partial charge in [-0.3, -0.25) is 20.2 Å². The molecule has 2 rings (SSSR count). The molecule has 0 radical (unpaired) electrons. The third kappa shape index (κ3) is 3.51. The summed E-state index contributed by atoms with van der Waals surface area (Å²) in [6.45, 7) is 0. The number of nitrogens with one attached hydrogen (secondary N) is 1. The summed E-state index contributed by atoms with van der Waals surface area (Å²) in [6, 6.07) is 4.85. The predicted octanol–water partition coefficient (Wildman–Crippen LogP) is 3.66. The van der Waals surface area contributed by atoms with Crippen LogP contribution in [-0.4, -0.2) is 14.8 Å². The number of nitro benzene ring substituents is 2. The minimum Gasteiger partial charge on any atom is -0.329 e. The Morgan fingerprint density at radius 1 is 1.04 bits per heavy atom. The average molecular weight is 328 g/mol. The number of anilines is 2. The fourth-order valence-corrected chi connectivity index (χ4v) is 1.76. The van der Waals surface area contributed by atoms with Crippen molar-refractivity contribution in [2.75, 3.05) is 5.32 Å². The van der Waals surface area contributed by atoms with Crippen LogP contribution in [0.15, 0.2) is 36.5 Å². The van der Waals surface area contributed by atoms with Crippen LogP contribution in [0.3, 0.4) is 0 Å². The summed E-state index contributed by atoms with van der Waals surface area (Å²) in [5.74, 6) is 0.0125. The fourth-order valence-electron chi connectivity index (χ4n) is 1.76. The van der Waals surface area contributed by atoms with Gasteiger partial charge >= 0.3 is 6.18 Å². The van der Waals surface area contributed by atoms with Crippen molar-refractivity contribution in [3.05, 3.63) is 62.3 Å². The van der Waals surface area contributed by atoms with Gasteiger partial charge in [0.05, 0.1) is 15.4 Å². The Morgan fingerprint density at radius 3 is 2.00 bits per heavy atom. The van der Waals surface area contributed by atoms with E-state index >= 15 is 0 Å². The minimum absolute atomic E-state index is 0.0125. The topological polar surface area (TPSA) is 111 Å². The number of hydrogen-bond donors (Lipinski definition) is 1. The molecular weight excluding hydrogens is 321 g/mol. The third-order valence-electron chi connectivity index (χ3n) is 2.74. The van der Waals surface area contributed by atoms with Crippen molar-refractivity contribution in [2.45, 2.75) is 6.18 Å². The van der Waals surface area contributed by atoms with Gasteiger partial charge in [0.2, 0.25) is 0 Å². The van der Waals surface area contributed by atoms with E-state index in [4.69, 9.17) is 0 Å². The van der Waals surface area contributed by atoms with Gasteiger partial charge in [0.25, 0.3) is 11.4 Å². The van der Waals surface area contributed by atoms with Crippen LogP contribution >= 0.6 is 0 Å². The standard InChI is InChI=1S/C12H7F3N4O4/c13-12(14,15)7-5-8(18(20)21)11(9(6-7)19(22)23)17-10-3-1-2-4-16-10/h1-6H,(H,16,17). The minimum atomic E-state index is -4.96. The first kappa shape index (κ1) is 16.1. The highest BCUT2D eigenvalue weighted by molar-refractivity contribution is 5.78. The van der Waals surface area contributed by atoms with E-state index in [9.17, 15) is 33.4 Å². The van der Waals surface area contributed by atoms with E-state index in [1.165, 1.54) is 24.4 Å². The lowest BCUT2D eigenvalue weighted by Gasteiger charge is -2.11. The molecule has 0 amide bonds. The average Bonchev–Trinajstić information content (AvgIpc) is 2.46. The maximum Gasteiger partial charge on any atom is 0.416 e. The molecule has 11 heteroatoms. The molecule has 0 bridgehead atoms. The second-order valence-corrected chi connectivity index (χ2v) is 4.24. The summed E-state index contributed by atoms with van der Waals surface area (Å²) in [4.78, 5) is 23.5. The highest BCUT2D eigenvalue weighted by Crippen LogP contribution is 2.42. The molecule has 8 nitrogen and oxygen atoms in total. The van der Waals surface area contributed by atoms with E-state index < -0.39 is 38.6 Å². The van der Waals surface area contributed by atoms with Crippen molar-refractivity contribution in [1.29, 1.82) is 0 Å². The molecule has 120 valence electrons. The summed E-state index contributed by atoms with van der Waals surface area (Å²) in [6.07, 6.45) is -3.65. The van der Waals surface area contributed by atoms with Gasteiger partial charge in [-0.1, -0.05) is 6.07 Å². The monoisotopic (exact) mass is 328 g/mol.